The largest absolute Gasteiger partial charge is 0.397 e. The molecule has 4 N–H and O–H groups in total. The minimum absolute atomic E-state index is 0.0195. The predicted octanol–water partition coefficient (Wildman–Crippen LogP) is -0.178. The molecule has 0 bridgehead atoms. The first-order valence-corrected chi connectivity index (χ1v) is 3.03. The van der Waals surface area contributed by atoms with Gasteiger partial charge in [-0.15, -0.1) is 0 Å². The number of rotatable bonds is 1. The number of aliphatic hydroxyl groups is 1. The minimum atomic E-state index is -0.0195. The van der Waals surface area contributed by atoms with Gasteiger partial charge in [-0.25, -0.2) is 0 Å². The molecule has 10 heavy (non-hydrogen) atoms. The van der Waals surface area contributed by atoms with Crippen molar-refractivity contribution < 1.29 is 5.11 Å². The van der Waals surface area contributed by atoms with Crippen LogP contribution in [0.1, 0.15) is 0 Å². The van der Waals surface area contributed by atoms with Gasteiger partial charge in [0.25, 0.3) is 0 Å². The lowest BCUT2D eigenvalue weighted by Crippen LogP contribution is -2.06. The van der Waals surface area contributed by atoms with Gasteiger partial charge in [-0.2, -0.15) is 0 Å². The van der Waals surface area contributed by atoms with Gasteiger partial charge in [-0.05, 0) is 6.08 Å². The minimum Gasteiger partial charge on any atom is -0.397 e. The molecule has 1 aliphatic rings. The molecular weight excluding hydrogens is 128 g/mol. The van der Waals surface area contributed by atoms with E-state index in [1.807, 2.05) is 0 Å². The van der Waals surface area contributed by atoms with E-state index in [4.69, 9.17) is 10.8 Å². The summed E-state index contributed by atoms with van der Waals surface area (Å²) in [5, 5.41) is 11.6. The summed E-state index contributed by atoms with van der Waals surface area (Å²) in [6, 6.07) is 0. The zero-order valence-corrected chi connectivity index (χ0v) is 5.54. The van der Waals surface area contributed by atoms with Crippen molar-refractivity contribution in [3.63, 3.8) is 0 Å². The topological polar surface area (TPSA) is 58.3 Å². The molecule has 0 saturated heterocycles. The summed E-state index contributed by atoms with van der Waals surface area (Å²) in [7, 11) is 0. The molecule has 3 heteroatoms. The number of hydrogen-bond donors (Lipinski definition) is 3. The van der Waals surface area contributed by atoms with Gasteiger partial charge in [0.05, 0.1) is 12.3 Å². The number of hydrogen-bond acceptors (Lipinski definition) is 3. The van der Waals surface area contributed by atoms with Crippen LogP contribution in [0.5, 0.6) is 0 Å². The Morgan fingerprint density at radius 1 is 1.60 bits per heavy atom. The molecule has 0 unspecified atom stereocenters. The number of allylic oxidation sites excluding steroid dienone is 2. The third kappa shape index (κ3) is 1.39. The molecule has 0 spiro atoms. The molecule has 0 aromatic rings. The average Bonchev–Trinajstić information content (AvgIpc) is 2.13. The highest BCUT2D eigenvalue weighted by molar-refractivity contribution is 5.33. The second kappa shape index (κ2) is 3.08. The highest BCUT2D eigenvalue weighted by Gasteiger charge is 1.98. The van der Waals surface area contributed by atoms with Gasteiger partial charge >= 0.3 is 0 Å². The van der Waals surface area contributed by atoms with E-state index in [1.165, 1.54) is 0 Å². The quantitative estimate of drug-likeness (QED) is 0.471. The van der Waals surface area contributed by atoms with Crippen LogP contribution < -0.4 is 11.1 Å². The molecule has 0 atom stereocenters. The molecule has 1 aliphatic heterocycles. The average molecular weight is 138 g/mol. The summed E-state index contributed by atoms with van der Waals surface area (Å²) < 4.78 is 0. The Labute approximate surface area is 59.5 Å². The Balaban J connectivity index is 2.82. The van der Waals surface area contributed by atoms with E-state index in [0.29, 0.717) is 5.70 Å². The SMILES string of the molecule is NC1=CNC=CC=C1CO. The first-order valence-electron chi connectivity index (χ1n) is 3.03. The van der Waals surface area contributed by atoms with Gasteiger partial charge in [-0.3, -0.25) is 0 Å². The molecule has 1 heterocycles. The van der Waals surface area contributed by atoms with E-state index in [1.54, 1.807) is 24.6 Å². The molecule has 0 aromatic heterocycles. The highest BCUT2D eigenvalue weighted by Crippen LogP contribution is 2.03. The van der Waals surface area contributed by atoms with Gasteiger partial charge in [0.2, 0.25) is 0 Å². The second-order valence-corrected chi connectivity index (χ2v) is 1.98. The first kappa shape index (κ1) is 6.89. The predicted molar refractivity (Wildman–Crippen MR) is 39.7 cm³/mol. The zero-order valence-electron chi connectivity index (χ0n) is 5.54. The summed E-state index contributed by atoms with van der Waals surface area (Å²) >= 11 is 0. The van der Waals surface area contributed by atoms with Gasteiger partial charge in [0.15, 0.2) is 0 Å². The van der Waals surface area contributed by atoms with Crippen molar-refractivity contribution in [3.05, 3.63) is 35.8 Å². The maximum atomic E-state index is 8.74. The van der Waals surface area contributed by atoms with E-state index in [2.05, 4.69) is 5.32 Å². The fraction of sp³-hybridized carbons (Fsp3) is 0.143. The molecule has 0 radical (unpaired) electrons. The van der Waals surface area contributed by atoms with Crippen LogP contribution in [0.3, 0.4) is 0 Å². The van der Waals surface area contributed by atoms with E-state index in [9.17, 15) is 0 Å². The third-order valence-corrected chi connectivity index (χ3v) is 1.27. The number of nitrogens with two attached hydrogens (primary N) is 1. The highest BCUT2D eigenvalue weighted by atomic mass is 16.3. The summed E-state index contributed by atoms with van der Waals surface area (Å²) in [5.41, 5.74) is 6.83. The maximum absolute atomic E-state index is 8.74. The molecule has 0 saturated carbocycles. The molecule has 1 rings (SSSR count). The second-order valence-electron chi connectivity index (χ2n) is 1.98. The van der Waals surface area contributed by atoms with Crippen LogP contribution in [0.15, 0.2) is 35.8 Å². The van der Waals surface area contributed by atoms with Crippen LogP contribution in [0.2, 0.25) is 0 Å². The Morgan fingerprint density at radius 3 is 3.10 bits per heavy atom. The summed E-state index contributed by atoms with van der Waals surface area (Å²) in [5.74, 6) is 0. The van der Waals surface area contributed by atoms with Crippen molar-refractivity contribution in [3.8, 4) is 0 Å². The monoisotopic (exact) mass is 138 g/mol. The van der Waals surface area contributed by atoms with Crippen molar-refractivity contribution in [1.82, 2.24) is 5.32 Å². The standard InChI is InChI=1S/C7H10N2O/c8-7-4-9-3-1-2-6(7)5-10/h1-4,9-10H,5,8H2. The van der Waals surface area contributed by atoms with Gasteiger partial charge < -0.3 is 16.2 Å². The van der Waals surface area contributed by atoms with E-state index in [-0.39, 0.29) is 6.61 Å². The Kier molecular flexibility index (Phi) is 2.12. The Bertz CT molecular complexity index is 204. The lowest BCUT2D eigenvalue weighted by Gasteiger charge is -1.99. The van der Waals surface area contributed by atoms with Crippen LogP contribution in [0.25, 0.3) is 0 Å². The summed E-state index contributed by atoms with van der Waals surface area (Å²) in [6.07, 6.45) is 6.95. The van der Waals surface area contributed by atoms with Crippen molar-refractivity contribution in [2.75, 3.05) is 6.61 Å². The third-order valence-electron chi connectivity index (χ3n) is 1.27. The normalized spacial score (nSPS) is 16.9. The van der Waals surface area contributed by atoms with Crippen LogP contribution in [0.4, 0.5) is 0 Å². The molecule has 0 amide bonds. The van der Waals surface area contributed by atoms with Crippen LogP contribution >= 0.6 is 0 Å². The van der Waals surface area contributed by atoms with Gasteiger partial charge in [-0.1, -0.05) is 6.08 Å². The van der Waals surface area contributed by atoms with E-state index >= 15 is 0 Å². The van der Waals surface area contributed by atoms with E-state index in [0.717, 1.165) is 5.57 Å². The summed E-state index contributed by atoms with van der Waals surface area (Å²) in [6.45, 7) is -0.0195. The fourth-order valence-corrected chi connectivity index (χ4v) is 0.691. The van der Waals surface area contributed by atoms with Gasteiger partial charge in [0.1, 0.15) is 0 Å². The zero-order chi connectivity index (χ0) is 7.40. The lowest BCUT2D eigenvalue weighted by atomic mass is 10.2. The lowest BCUT2D eigenvalue weighted by molar-refractivity contribution is 0.333. The van der Waals surface area contributed by atoms with Crippen molar-refractivity contribution in [2.24, 2.45) is 5.73 Å². The van der Waals surface area contributed by atoms with Crippen LogP contribution in [-0.2, 0) is 0 Å². The van der Waals surface area contributed by atoms with Crippen molar-refractivity contribution in [2.45, 2.75) is 0 Å². The molecule has 3 nitrogen and oxygen atoms in total. The number of aliphatic hydroxyl groups excluding tert-OH is 1. The first-order chi connectivity index (χ1) is 4.84. The molecule has 0 aromatic carbocycles. The van der Waals surface area contributed by atoms with Crippen LogP contribution in [-0.4, -0.2) is 11.7 Å². The molecule has 0 fully saturated rings. The van der Waals surface area contributed by atoms with E-state index < -0.39 is 0 Å². The van der Waals surface area contributed by atoms with Crippen molar-refractivity contribution >= 4 is 0 Å². The molecule has 54 valence electrons. The van der Waals surface area contributed by atoms with Crippen molar-refractivity contribution in [1.29, 1.82) is 0 Å². The van der Waals surface area contributed by atoms with Crippen LogP contribution in [0, 0.1) is 0 Å². The Morgan fingerprint density at radius 2 is 2.40 bits per heavy atom. The maximum Gasteiger partial charge on any atom is 0.0702 e. The number of nitrogens with one attached hydrogen (secondary N) is 1. The summed E-state index contributed by atoms with van der Waals surface area (Å²) in [4.78, 5) is 0. The molecular formula is C7H10N2O. The molecule has 0 aliphatic carbocycles. The van der Waals surface area contributed by atoms with Gasteiger partial charge in [0, 0.05) is 18.0 Å². The smallest absolute Gasteiger partial charge is 0.0702 e. The fourth-order valence-electron chi connectivity index (χ4n) is 0.691. The Hall–Kier alpha value is -1.22.